The van der Waals surface area contributed by atoms with Crippen LogP contribution in [0.3, 0.4) is 0 Å². The van der Waals surface area contributed by atoms with Crippen LogP contribution in [-0.2, 0) is 4.52 Å². The van der Waals surface area contributed by atoms with Gasteiger partial charge in [0.25, 0.3) is 8.53 Å². The SMILES string of the molecule is COP(O)N1CCN(C(c2ccccc2)c2ccccc2)CC1. The number of hydrogen-bond donors (Lipinski definition) is 1. The summed E-state index contributed by atoms with van der Waals surface area (Å²) in [6.45, 7) is 3.48. The molecule has 0 spiro atoms. The van der Waals surface area contributed by atoms with Crippen molar-refractivity contribution < 1.29 is 9.42 Å². The summed E-state index contributed by atoms with van der Waals surface area (Å²) >= 11 is 0. The van der Waals surface area contributed by atoms with Crippen LogP contribution in [0, 0.1) is 0 Å². The van der Waals surface area contributed by atoms with Crippen LogP contribution in [0.15, 0.2) is 60.7 Å². The predicted octanol–water partition coefficient (Wildman–Crippen LogP) is 3.26. The Bertz CT molecular complexity index is 549. The average Bonchev–Trinajstić information content (AvgIpc) is 2.64. The molecule has 4 nitrogen and oxygen atoms in total. The second kappa shape index (κ2) is 8.00. The lowest BCUT2D eigenvalue weighted by atomic mass is 9.96. The Balaban J connectivity index is 1.81. The lowest BCUT2D eigenvalue weighted by Gasteiger charge is -2.40. The summed E-state index contributed by atoms with van der Waals surface area (Å²) in [5, 5.41) is 0. The molecule has 1 unspecified atom stereocenters. The van der Waals surface area contributed by atoms with Crippen molar-refractivity contribution in [3.8, 4) is 0 Å². The number of nitrogens with zero attached hydrogens (tertiary/aromatic N) is 2. The van der Waals surface area contributed by atoms with E-state index >= 15 is 0 Å². The standard InChI is InChI=1S/C18H23N2O2P/c1-22-23(21)20-14-12-19(13-15-20)18(16-8-4-2-5-9-16)17-10-6-3-7-11-17/h2-11,18,21H,12-15H2,1H3. The summed E-state index contributed by atoms with van der Waals surface area (Å²) in [4.78, 5) is 12.4. The van der Waals surface area contributed by atoms with E-state index in [9.17, 15) is 4.89 Å². The van der Waals surface area contributed by atoms with Gasteiger partial charge in [-0.3, -0.25) is 4.90 Å². The molecule has 0 bridgehead atoms. The maximum absolute atomic E-state index is 9.89. The maximum atomic E-state index is 9.89. The minimum absolute atomic E-state index is 0.256. The van der Waals surface area contributed by atoms with Gasteiger partial charge in [0.05, 0.1) is 6.04 Å². The van der Waals surface area contributed by atoms with Crippen LogP contribution in [0.25, 0.3) is 0 Å². The molecule has 1 aliphatic heterocycles. The fraction of sp³-hybridized carbons (Fsp3) is 0.333. The Kier molecular flexibility index (Phi) is 5.76. The van der Waals surface area contributed by atoms with Gasteiger partial charge in [0, 0.05) is 33.3 Å². The average molecular weight is 330 g/mol. The highest BCUT2D eigenvalue weighted by Gasteiger charge is 2.29. The molecule has 1 fully saturated rings. The predicted molar refractivity (Wildman–Crippen MR) is 94.0 cm³/mol. The molecule has 0 saturated carbocycles. The molecule has 0 amide bonds. The summed E-state index contributed by atoms with van der Waals surface area (Å²) in [6, 6.07) is 21.5. The van der Waals surface area contributed by atoms with E-state index in [0.717, 1.165) is 26.2 Å². The summed E-state index contributed by atoms with van der Waals surface area (Å²) in [5.74, 6) is 0. The first-order chi connectivity index (χ1) is 11.3. The van der Waals surface area contributed by atoms with E-state index in [1.165, 1.54) is 11.1 Å². The van der Waals surface area contributed by atoms with Gasteiger partial charge in [-0.15, -0.1) is 0 Å². The normalized spacial score (nSPS) is 18.2. The van der Waals surface area contributed by atoms with E-state index in [1.54, 1.807) is 7.11 Å². The molecule has 3 rings (SSSR count). The van der Waals surface area contributed by atoms with Gasteiger partial charge < -0.3 is 9.42 Å². The Hall–Kier alpha value is -1.29. The largest absolute Gasteiger partial charge is 0.338 e. The molecule has 23 heavy (non-hydrogen) atoms. The summed E-state index contributed by atoms with van der Waals surface area (Å²) in [5.41, 5.74) is 2.62. The smallest absolute Gasteiger partial charge is 0.255 e. The second-order valence-electron chi connectivity index (χ2n) is 5.65. The van der Waals surface area contributed by atoms with Gasteiger partial charge >= 0.3 is 0 Å². The first-order valence-corrected chi connectivity index (χ1v) is 9.08. The molecule has 0 radical (unpaired) electrons. The molecule has 5 heteroatoms. The van der Waals surface area contributed by atoms with E-state index in [4.69, 9.17) is 4.52 Å². The number of hydrogen-bond acceptors (Lipinski definition) is 4. The van der Waals surface area contributed by atoms with Crippen molar-refractivity contribution in [3.05, 3.63) is 71.8 Å². The molecule has 1 N–H and O–H groups in total. The van der Waals surface area contributed by atoms with Crippen LogP contribution in [0.5, 0.6) is 0 Å². The van der Waals surface area contributed by atoms with Crippen molar-refractivity contribution >= 4 is 8.53 Å². The quantitative estimate of drug-likeness (QED) is 0.854. The van der Waals surface area contributed by atoms with Crippen molar-refractivity contribution in [2.45, 2.75) is 6.04 Å². The minimum Gasteiger partial charge on any atom is -0.338 e. The Morgan fingerprint density at radius 1 is 0.870 bits per heavy atom. The van der Waals surface area contributed by atoms with Gasteiger partial charge in [-0.2, -0.15) is 0 Å². The van der Waals surface area contributed by atoms with Crippen molar-refractivity contribution in [3.63, 3.8) is 0 Å². The molecule has 1 atom stereocenters. The van der Waals surface area contributed by atoms with Crippen molar-refractivity contribution in [1.82, 2.24) is 9.57 Å². The highest BCUT2D eigenvalue weighted by molar-refractivity contribution is 7.43. The van der Waals surface area contributed by atoms with Gasteiger partial charge in [-0.1, -0.05) is 60.7 Å². The summed E-state index contributed by atoms with van der Waals surface area (Å²) < 4.78 is 7.11. The molecular weight excluding hydrogens is 307 g/mol. The van der Waals surface area contributed by atoms with Gasteiger partial charge in [-0.05, 0) is 11.1 Å². The van der Waals surface area contributed by atoms with Gasteiger partial charge in [0.2, 0.25) is 0 Å². The Morgan fingerprint density at radius 2 is 1.35 bits per heavy atom. The summed E-state index contributed by atoms with van der Waals surface area (Å²) in [7, 11) is 0.128. The van der Waals surface area contributed by atoms with Crippen LogP contribution >= 0.6 is 8.53 Å². The van der Waals surface area contributed by atoms with Crippen molar-refractivity contribution in [2.24, 2.45) is 0 Å². The minimum atomic E-state index is -1.44. The highest BCUT2D eigenvalue weighted by atomic mass is 31.2. The van der Waals surface area contributed by atoms with Gasteiger partial charge in [-0.25, -0.2) is 4.67 Å². The fourth-order valence-corrected chi connectivity index (χ4v) is 3.89. The van der Waals surface area contributed by atoms with Gasteiger partial charge in [0.15, 0.2) is 0 Å². The van der Waals surface area contributed by atoms with Gasteiger partial charge in [0.1, 0.15) is 0 Å². The fourth-order valence-electron chi connectivity index (χ4n) is 3.14. The third-order valence-corrected chi connectivity index (χ3v) is 5.50. The van der Waals surface area contributed by atoms with Crippen LogP contribution in [0.1, 0.15) is 17.2 Å². The molecule has 1 heterocycles. The van der Waals surface area contributed by atoms with E-state index in [2.05, 4.69) is 65.6 Å². The van der Waals surface area contributed by atoms with Crippen molar-refractivity contribution in [2.75, 3.05) is 33.3 Å². The molecule has 1 aliphatic rings. The van der Waals surface area contributed by atoms with E-state index in [1.807, 2.05) is 4.67 Å². The van der Waals surface area contributed by atoms with E-state index < -0.39 is 8.53 Å². The zero-order valence-corrected chi connectivity index (χ0v) is 14.3. The van der Waals surface area contributed by atoms with Crippen LogP contribution in [0.2, 0.25) is 0 Å². The Labute approximate surface area is 139 Å². The lowest BCUT2D eigenvalue weighted by Crippen LogP contribution is -2.45. The third-order valence-electron chi connectivity index (χ3n) is 4.29. The van der Waals surface area contributed by atoms with Crippen LogP contribution in [-0.4, -0.2) is 47.8 Å². The molecule has 2 aromatic rings. The first kappa shape index (κ1) is 16.6. The van der Waals surface area contributed by atoms with E-state index in [-0.39, 0.29) is 6.04 Å². The zero-order chi connectivity index (χ0) is 16.1. The molecule has 2 aromatic carbocycles. The molecule has 122 valence electrons. The van der Waals surface area contributed by atoms with Crippen LogP contribution in [0.4, 0.5) is 0 Å². The van der Waals surface area contributed by atoms with Crippen molar-refractivity contribution in [1.29, 1.82) is 0 Å². The topological polar surface area (TPSA) is 35.9 Å². The molecule has 1 saturated heterocycles. The Morgan fingerprint density at radius 3 is 1.78 bits per heavy atom. The first-order valence-electron chi connectivity index (χ1n) is 7.91. The molecule has 0 aliphatic carbocycles. The number of rotatable bonds is 5. The summed E-state index contributed by atoms with van der Waals surface area (Å²) in [6.07, 6.45) is 0. The molecular formula is C18H23N2O2P. The number of piperazine rings is 1. The van der Waals surface area contributed by atoms with Crippen LogP contribution < -0.4 is 0 Å². The highest BCUT2D eigenvalue weighted by Crippen LogP contribution is 2.38. The molecule has 0 aromatic heterocycles. The second-order valence-corrected chi connectivity index (χ2v) is 7.09. The lowest BCUT2D eigenvalue weighted by molar-refractivity contribution is 0.143. The monoisotopic (exact) mass is 330 g/mol. The maximum Gasteiger partial charge on any atom is 0.255 e. The third kappa shape index (κ3) is 3.97. The van der Waals surface area contributed by atoms with E-state index in [0.29, 0.717) is 0 Å². The zero-order valence-electron chi connectivity index (χ0n) is 13.4. The number of benzene rings is 2.